The summed E-state index contributed by atoms with van der Waals surface area (Å²) in [5, 5.41) is 0. The van der Waals surface area contributed by atoms with Crippen molar-refractivity contribution in [2.75, 3.05) is 0 Å². The number of carbonyl (C=O) groups is 1. The molecule has 0 fully saturated rings. The van der Waals surface area contributed by atoms with Crippen LogP contribution in [0, 0.1) is 5.41 Å². The molecule has 74 valence electrons. The van der Waals surface area contributed by atoms with E-state index >= 15 is 0 Å². The topological polar surface area (TPSA) is 17.1 Å². The molecule has 1 nitrogen and oxygen atoms in total. The maximum Gasteiger partial charge on any atom is 0.163 e. The Kier molecular flexibility index (Phi) is 2.18. The second kappa shape index (κ2) is 3.23. The largest absolute Gasteiger partial charge is 0.294 e. The predicted octanol–water partition coefficient (Wildman–Crippen LogP) is 3.23. The molecule has 0 saturated carbocycles. The molecular formula is C13H16O. The van der Waals surface area contributed by atoms with E-state index in [4.69, 9.17) is 0 Å². The summed E-state index contributed by atoms with van der Waals surface area (Å²) in [7, 11) is 0. The number of Topliss-reactive ketones (excluding diaryl/α,β-unsaturated/α-hetero) is 1. The SMILES string of the molecule is CCC1(C)CC(=O)c2ccccc2C1. The van der Waals surface area contributed by atoms with Crippen molar-refractivity contribution >= 4 is 5.78 Å². The van der Waals surface area contributed by atoms with E-state index in [1.54, 1.807) is 0 Å². The van der Waals surface area contributed by atoms with Crippen molar-refractivity contribution in [3.8, 4) is 0 Å². The van der Waals surface area contributed by atoms with Crippen molar-refractivity contribution in [2.45, 2.75) is 33.1 Å². The van der Waals surface area contributed by atoms with Crippen LogP contribution in [0.15, 0.2) is 24.3 Å². The van der Waals surface area contributed by atoms with E-state index in [1.165, 1.54) is 5.56 Å². The van der Waals surface area contributed by atoms with Gasteiger partial charge in [-0.25, -0.2) is 0 Å². The van der Waals surface area contributed by atoms with Crippen molar-refractivity contribution in [3.63, 3.8) is 0 Å². The first-order chi connectivity index (χ1) is 6.64. The maximum atomic E-state index is 11.9. The second-order valence-electron chi connectivity index (χ2n) is 4.60. The molecule has 0 aromatic heterocycles. The highest BCUT2D eigenvalue weighted by Gasteiger charge is 2.32. The predicted molar refractivity (Wildman–Crippen MR) is 57.5 cm³/mol. The van der Waals surface area contributed by atoms with Crippen LogP contribution in [-0.2, 0) is 6.42 Å². The Balaban J connectivity index is 2.43. The molecule has 1 unspecified atom stereocenters. The van der Waals surface area contributed by atoms with Gasteiger partial charge in [-0.15, -0.1) is 0 Å². The zero-order valence-electron chi connectivity index (χ0n) is 8.84. The molecule has 0 N–H and O–H groups in total. The lowest BCUT2D eigenvalue weighted by Crippen LogP contribution is -2.28. The summed E-state index contributed by atoms with van der Waals surface area (Å²) in [4.78, 5) is 11.9. The van der Waals surface area contributed by atoms with Crippen LogP contribution in [0.4, 0.5) is 0 Å². The summed E-state index contributed by atoms with van der Waals surface area (Å²) in [6.07, 6.45) is 2.83. The molecule has 1 heteroatoms. The van der Waals surface area contributed by atoms with Crippen molar-refractivity contribution in [3.05, 3.63) is 35.4 Å². The Bertz CT molecular complexity index is 367. The molecule has 0 spiro atoms. The van der Waals surface area contributed by atoms with Gasteiger partial charge < -0.3 is 0 Å². The number of ketones is 1. The molecule has 14 heavy (non-hydrogen) atoms. The minimum Gasteiger partial charge on any atom is -0.294 e. The van der Waals surface area contributed by atoms with Gasteiger partial charge in [-0.3, -0.25) is 4.79 Å². The van der Waals surface area contributed by atoms with Gasteiger partial charge in [0.1, 0.15) is 0 Å². The maximum absolute atomic E-state index is 11.9. The van der Waals surface area contributed by atoms with Crippen molar-refractivity contribution in [2.24, 2.45) is 5.41 Å². The molecular weight excluding hydrogens is 172 g/mol. The quantitative estimate of drug-likeness (QED) is 0.661. The van der Waals surface area contributed by atoms with Crippen LogP contribution in [-0.4, -0.2) is 5.78 Å². The van der Waals surface area contributed by atoms with Crippen LogP contribution in [0.1, 0.15) is 42.6 Å². The van der Waals surface area contributed by atoms with Gasteiger partial charge in [0.15, 0.2) is 5.78 Å². The number of benzene rings is 1. The van der Waals surface area contributed by atoms with E-state index in [9.17, 15) is 4.79 Å². The number of hydrogen-bond donors (Lipinski definition) is 0. The summed E-state index contributed by atoms with van der Waals surface area (Å²) in [6, 6.07) is 8.01. The molecule has 1 aromatic carbocycles. The summed E-state index contributed by atoms with van der Waals surface area (Å²) in [6.45, 7) is 4.38. The van der Waals surface area contributed by atoms with Crippen LogP contribution in [0.3, 0.4) is 0 Å². The highest BCUT2D eigenvalue weighted by Crippen LogP contribution is 2.37. The van der Waals surface area contributed by atoms with Gasteiger partial charge in [0.25, 0.3) is 0 Å². The van der Waals surface area contributed by atoms with Crippen molar-refractivity contribution in [1.29, 1.82) is 0 Å². The lowest BCUT2D eigenvalue weighted by molar-refractivity contribution is 0.0895. The Hall–Kier alpha value is -1.11. The standard InChI is InChI=1S/C13H16O/c1-3-13(2)8-10-6-4-5-7-11(10)12(14)9-13/h4-7H,3,8-9H2,1-2H3. The van der Waals surface area contributed by atoms with E-state index in [0.717, 1.165) is 18.4 Å². The first-order valence-corrected chi connectivity index (χ1v) is 5.26. The van der Waals surface area contributed by atoms with Gasteiger partial charge in [0.05, 0.1) is 0 Å². The average Bonchev–Trinajstić information content (AvgIpc) is 2.18. The number of carbonyl (C=O) groups excluding carboxylic acids is 1. The highest BCUT2D eigenvalue weighted by molar-refractivity contribution is 5.99. The van der Waals surface area contributed by atoms with Crippen LogP contribution >= 0.6 is 0 Å². The Morgan fingerprint density at radius 3 is 2.71 bits per heavy atom. The Morgan fingerprint density at radius 2 is 2.00 bits per heavy atom. The van der Waals surface area contributed by atoms with Gasteiger partial charge in [-0.1, -0.05) is 38.1 Å². The Labute approximate surface area is 85.1 Å². The summed E-state index contributed by atoms with van der Waals surface area (Å²) >= 11 is 0. The van der Waals surface area contributed by atoms with Gasteiger partial charge in [0, 0.05) is 12.0 Å². The lowest BCUT2D eigenvalue weighted by atomic mass is 9.71. The van der Waals surface area contributed by atoms with Gasteiger partial charge in [-0.05, 0) is 23.8 Å². The fraction of sp³-hybridized carbons (Fsp3) is 0.462. The van der Waals surface area contributed by atoms with Crippen molar-refractivity contribution in [1.82, 2.24) is 0 Å². The molecule has 0 aliphatic heterocycles. The third-order valence-electron chi connectivity index (χ3n) is 3.38. The minimum atomic E-state index is 0.186. The lowest BCUT2D eigenvalue weighted by Gasteiger charge is -2.32. The van der Waals surface area contributed by atoms with Gasteiger partial charge in [0.2, 0.25) is 0 Å². The van der Waals surface area contributed by atoms with E-state index in [0.29, 0.717) is 12.2 Å². The van der Waals surface area contributed by atoms with Gasteiger partial charge in [-0.2, -0.15) is 0 Å². The number of hydrogen-bond acceptors (Lipinski definition) is 1. The zero-order valence-corrected chi connectivity index (χ0v) is 8.84. The second-order valence-corrected chi connectivity index (χ2v) is 4.60. The molecule has 0 radical (unpaired) electrons. The van der Waals surface area contributed by atoms with E-state index in [1.807, 2.05) is 18.2 Å². The molecule has 2 rings (SSSR count). The molecule has 0 amide bonds. The number of fused-ring (bicyclic) bond motifs is 1. The van der Waals surface area contributed by atoms with Crippen molar-refractivity contribution < 1.29 is 4.79 Å². The van der Waals surface area contributed by atoms with Crippen LogP contribution in [0.25, 0.3) is 0 Å². The monoisotopic (exact) mass is 188 g/mol. The molecule has 1 aliphatic carbocycles. The fourth-order valence-corrected chi connectivity index (χ4v) is 2.20. The molecule has 1 atom stereocenters. The average molecular weight is 188 g/mol. The first-order valence-electron chi connectivity index (χ1n) is 5.26. The third kappa shape index (κ3) is 1.47. The highest BCUT2D eigenvalue weighted by atomic mass is 16.1. The zero-order chi connectivity index (χ0) is 10.2. The van der Waals surface area contributed by atoms with E-state index in [2.05, 4.69) is 19.9 Å². The van der Waals surface area contributed by atoms with E-state index < -0.39 is 0 Å². The normalized spacial score (nSPS) is 26.0. The first kappa shape index (κ1) is 9.45. The van der Waals surface area contributed by atoms with E-state index in [-0.39, 0.29) is 5.41 Å². The van der Waals surface area contributed by atoms with Gasteiger partial charge >= 0.3 is 0 Å². The summed E-state index contributed by atoms with van der Waals surface area (Å²) < 4.78 is 0. The van der Waals surface area contributed by atoms with Crippen LogP contribution in [0.5, 0.6) is 0 Å². The third-order valence-corrected chi connectivity index (χ3v) is 3.38. The molecule has 0 bridgehead atoms. The Morgan fingerprint density at radius 1 is 1.29 bits per heavy atom. The molecule has 0 heterocycles. The molecule has 1 aromatic rings. The smallest absolute Gasteiger partial charge is 0.163 e. The molecule has 1 aliphatic rings. The minimum absolute atomic E-state index is 0.186. The fourth-order valence-electron chi connectivity index (χ4n) is 2.20. The molecule has 0 saturated heterocycles. The summed E-state index contributed by atoms with van der Waals surface area (Å²) in [5.74, 6) is 0.316. The number of rotatable bonds is 1. The summed E-state index contributed by atoms with van der Waals surface area (Å²) in [5.41, 5.74) is 2.36. The van der Waals surface area contributed by atoms with Crippen LogP contribution < -0.4 is 0 Å². The van der Waals surface area contributed by atoms with Crippen LogP contribution in [0.2, 0.25) is 0 Å².